The van der Waals surface area contributed by atoms with Gasteiger partial charge < -0.3 is 10.5 Å². The normalized spacial score (nSPS) is 8.89. The van der Waals surface area contributed by atoms with Crippen LogP contribution >= 0.6 is 11.8 Å². The molecule has 0 unspecified atom stereocenters. The van der Waals surface area contributed by atoms with Crippen LogP contribution in [0.5, 0.6) is 0 Å². The SMILES string of the molecule is C=CCOCSC(=N)N. The molecule has 0 bridgehead atoms. The van der Waals surface area contributed by atoms with Crippen molar-refractivity contribution in [2.75, 3.05) is 12.5 Å². The molecule has 3 nitrogen and oxygen atoms in total. The number of hydrogen-bond acceptors (Lipinski definition) is 3. The summed E-state index contributed by atoms with van der Waals surface area (Å²) in [7, 11) is 0. The zero-order valence-electron chi connectivity index (χ0n) is 5.09. The molecule has 0 spiro atoms. The van der Waals surface area contributed by atoms with Crippen molar-refractivity contribution in [3.8, 4) is 0 Å². The third-order valence-corrected chi connectivity index (χ3v) is 1.13. The molecule has 52 valence electrons. The number of nitrogens with two attached hydrogens (primary N) is 1. The van der Waals surface area contributed by atoms with E-state index in [1.54, 1.807) is 6.08 Å². The fraction of sp³-hybridized carbons (Fsp3) is 0.400. The number of hydrogen-bond donors (Lipinski definition) is 2. The fourth-order valence-corrected chi connectivity index (χ4v) is 0.543. The molecule has 0 aliphatic carbocycles. The molecule has 0 aromatic rings. The molecule has 9 heavy (non-hydrogen) atoms. The van der Waals surface area contributed by atoms with Gasteiger partial charge in [-0.1, -0.05) is 17.8 Å². The summed E-state index contributed by atoms with van der Waals surface area (Å²) < 4.78 is 4.92. The Morgan fingerprint density at radius 1 is 1.89 bits per heavy atom. The van der Waals surface area contributed by atoms with Gasteiger partial charge in [0.2, 0.25) is 0 Å². The molecule has 0 fully saturated rings. The van der Waals surface area contributed by atoms with Crippen LogP contribution in [-0.2, 0) is 4.74 Å². The van der Waals surface area contributed by atoms with Crippen LogP contribution in [0.4, 0.5) is 0 Å². The van der Waals surface area contributed by atoms with Gasteiger partial charge in [-0.05, 0) is 0 Å². The Labute approximate surface area is 58.8 Å². The fourth-order valence-electron chi connectivity index (χ4n) is 0.237. The molecular formula is C5H10N2OS. The van der Waals surface area contributed by atoms with Gasteiger partial charge in [-0.2, -0.15) is 0 Å². The van der Waals surface area contributed by atoms with Crippen LogP contribution in [0.15, 0.2) is 12.7 Å². The van der Waals surface area contributed by atoms with E-state index in [4.69, 9.17) is 15.9 Å². The van der Waals surface area contributed by atoms with Crippen molar-refractivity contribution < 1.29 is 4.74 Å². The number of thioether (sulfide) groups is 1. The maximum Gasteiger partial charge on any atom is 0.153 e. The molecule has 0 rings (SSSR count). The molecule has 3 N–H and O–H groups in total. The van der Waals surface area contributed by atoms with E-state index in [0.717, 1.165) is 11.8 Å². The number of amidine groups is 1. The maximum absolute atomic E-state index is 6.76. The van der Waals surface area contributed by atoms with Crippen molar-refractivity contribution in [3.05, 3.63) is 12.7 Å². The second-order valence-electron chi connectivity index (χ2n) is 1.29. The summed E-state index contributed by atoms with van der Waals surface area (Å²) in [5, 5.41) is 6.85. The maximum atomic E-state index is 6.76. The minimum absolute atomic E-state index is 0.0825. The summed E-state index contributed by atoms with van der Waals surface area (Å²) in [4.78, 5) is 0. The van der Waals surface area contributed by atoms with E-state index >= 15 is 0 Å². The summed E-state index contributed by atoms with van der Waals surface area (Å²) in [6.07, 6.45) is 1.65. The highest BCUT2D eigenvalue weighted by atomic mass is 32.2. The van der Waals surface area contributed by atoms with E-state index in [1.807, 2.05) is 0 Å². The third-order valence-electron chi connectivity index (χ3n) is 0.533. The first-order chi connectivity index (χ1) is 4.27. The monoisotopic (exact) mass is 146 g/mol. The standard InChI is InChI=1S/C5H10N2OS/c1-2-3-8-4-9-5(6)7/h2H,1,3-4H2,(H3,6,7). The second kappa shape index (κ2) is 5.65. The molecular weight excluding hydrogens is 136 g/mol. The van der Waals surface area contributed by atoms with Crippen molar-refractivity contribution in [1.29, 1.82) is 5.41 Å². The van der Waals surface area contributed by atoms with Crippen LogP contribution in [0.3, 0.4) is 0 Å². The molecule has 0 saturated heterocycles. The van der Waals surface area contributed by atoms with Crippen LogP contribution in [-0.4, -0.2) is 17.7 Å². The Hall–Kier alpha value is -0.480. The molecule has 0 aromatic carbocycles. The lowest BCUT2D eigenvalue weighted by molar-refractivity contribution is 0.217. The zero-order chi connectivity index (χ0) is 7.11. The molecule has 4 heteroatoms. The quantitative estimate of drug-likeness (QED) is 0.202. The first-order valence-corrected chi connectivity index (χ1v) is 3.41. The highest BCUT2D eigenvalue weighted by molar-refractivity contribution is 8.13. The number of ether oxygens (including phenoxy) is 1. The highest BCUT2D eigenvalue weighted by Crippen LogP contribution is 1.96. The molecule has 0 amide bonds. The lowest BCUT2D eigenvalue weighted by Gasteiger charge is -1.96. The first-order valence-electron chi connectivity index (χ1n) is 2.43. The average molecular weight is 146 g/mol. The molecule has 0 heterocycles. The van der Waals surface area contributed by atoms with Gasteiger partial charge in [0.15, 0.2) is 5.17 Å². The summed E-state index contributed by atoms with van der Waals surface area (Å²) in [6.45, 7) is 3.97. The van der Waals surface area contributed by atoms with Crippen LogP contribution in [0.25, 0.3) is 0 Å². The van der Waals surface area contributed by atoms with Crippen LogP contribution < -0.4 is 5.73 Å². The smallest absolute Gasteiger partial charge is 0.153 e. The van der Waals surface area contributed by atoms with E-state index in [0.29, 0.717) is 12.5 Å². The molecule has 0 aromatic heterocycles. The van der Waals surface area contributed by atoms with Gasteiger partial charge in [0.05, 0.1) is 6.61 Å². The van der Waals surface area contributed by atoms with Crippen LogP contribution in [0, 0.1) is 5.41 Å². The predicted molar refractivity (Wildman–Crippen MR) is 40.5 cm³/mol. The van der Waals surface area contributed by atoms with E-state index in [1.165, 1.54) is 0 Å². The minimum atomic E-state index is 0.0825. The van der Waals surface area contributed by atoms with Crippen molar-refractivity contribution in [2.24, 2.45) is 5.73 Å². The van der Waals surface area contributed by atoms with Gasteiger partial charge in [0.1, 0.15) is 5.94 Å². The van der Waals surface area contributed by atoms with Gasteiger partial charge in [-0.15, -0.1) is 6.58 Å². The second-order valence-corrected chi connectivity index (χ2v) is 2.25. The Bertz CT molecular complexity index is 105. The van der Waals surface area contributed by atoms with Gasteiger partial charge in [0, 0.05) is 0 Å². The predicted octanol–water partition coefficient (Wildman–Crippen LogP) is 0.773. The molecule has 0 aliphatic heterocycles. The van der Waals surface area contributed by atoms with Crippen molar-refractivity contribution >= 4 is 16.9 Å². The van der Waals surface area contributed by atoms with Gasteiger partial charge in [0.25, 0.3) is 0 Å². The van der Waals surface area contributed by atoms with Crippen molar-refractivity contribution in [2.45, 2.75) is 0 Å². The summed E-state index contributed by atoms with van der Waals surface area (Å²) >= 11 is 1.16. The Morgan fingerprint density at radius 2 is 2.56 bits per heavy atom. The zero-order valence-corrected chi connectivity index (χ0v) is 5.91. The Morgan fingerprint density at radius 3 is 3.00 bits per heavy atom. The van der Waals surface area contributed by atoms with Crippen molar-refractivity contribution in [3.63, 3.8) is 0 Å². The van der Waals surface area contributed by atoms with Gasteiger partial charge in [-0.25, -0.2) is 0 Å². The molecule has 0 saturated carbocycles. The van der Waals surface area contributed by atoms with Gasteiger partial charge in [-0.3, -0.25) is 5.41 Å². The molecule has 0 atom stereocenters. The van der Waals surface area contributed by atoms with E-state index in [9.17, 15) is 0 Å². The van der Waals surface area contributed by atoms with E-state index in [-0.39, 0.29) is 5.17 Å². The summed E-state index contributed by atoms with van der Waals surface area (Å²) in [5.41, 5.74) is 5.02. The molecule has 0 aliphatic rings. The van der Waals surface area contributed by atoms with Crippen molar-refractivity contribution in [1.82, 2.24) is 0 Å². The lowest BCUT2D eigenvalue weighted by atomic mass is 10.7. The van der Waals surface area contributed by atoms with E-state index < -0.39 is 0 Å². The third kappa shape index (κ3) is 7.52. The van der Waals surface area contributed by atoms with Crippen LogP contribution in [0.1, 0.15) is 0 Å². The minimum Gasteiger partial charge on any atom is -0.379 e. The number of rotatable bonds is 4. The average Bonchev–Trinajstić information content (AvgIpc) is 1.80. The summed E-state index contributed by atoms with van der Waals surface area (Å²) in [5.74, 6) is 0.432. The van der Waals surface area contributed by atoms with E-state index in [2.05, 4.69) is 6.58 Å². The molecule has 0 radical (unpaired) electrons. The topological polar surface area (TPSA) is 59.1 Å². The first kappa shape index (κ1) is 8.52. The Kier molecular flexibility index (Phi) is 5.35. The lowest BCUT2D eigenvalue weighted by Crippen LogP contribution is -2.05. The number of nitrogens with one attached hydrogen (secondary N) is 1. The largest absolute Gasteiger partial charge is 0.379 e. The summed E-state index contributed by atoms with van der Waals surface area (Å²) in [6, 6.07) is 0. The van der Waals surface area contributed by atoms with Gasteiger partial charge >= 0.3 is 0 Å². The highest BCUT2D eigenvalue weighted by Gasteiger charge is 1.87. The Balaban J connectivity index is 2.91. The van der Waals surface area contributed by atoms with Crippen LogP contribution in [0.2, 0.25) is 0 Å².